The van der Waals surface area contributed by atoms with Crippen molar-refractivity contribution >= 4 is 28.2 Å². The van der Waals surface area contributed by atoms with E-state index in [0.29, 0.717) is 27.9 Å². The highest BCUT2D eigenvalue weighted by molar-refractivity contribution is 7.11. The Morgan fingerprint density at radius 3 is 2.55 bits per heavy atom. The Balaban J connectivity index is 2.15. The van der Waals surface area contributed by atoms with Gasteiger partial charge in [-0.3, -0.25) is 4.79 Å². The van der Waals surface area contributed by atoms with E-state index in [0.717, 1.165) is 11.3 Å². The Morgan fingerprint density at radius 2 is 1.91 bits per heavy atom. The number of aromatic carboxylic acids is 1. The molecule has 0 radical (unpaired) electrons. The van der Waals surface area contributed by atoms with Gasteiger partial charge in [-0.15, -0.1) is 0 Å². The summed E-state index contributed by atoms with van der Waals surface area (Å²) in [5.41, 5.74) is 1.91. The van der Waals surface area contributed by atoms with Crippen molar-refractivity contribution in [3.8, 4) is 17.0 Å². The van der Waals surface area contributed by atoms with Gasteiger partial charge < -0.3 is 9.84 Å². The van der Waals surface area contributed by atoms with Crippen LogP contribution in [0.25, 0.3) is 22.2 Å². The van der Waals surface area contributed by atoms with Gasteiger partial charge in [0.15, 0.2) is 0 Å². The third-order valence-corrected chi connectivity index (χ3v) is 4.13. The molecule has 5 nitrogen and oxygen atoms in total. The highest BCUT2D eigenvalue weighted by atomic mass is 32.1. The second-order valence-electron chi connectivity index (χ2n) is 4.56. The summed E-state index contributed by atoms with van der Waals surface area (Å²) in [5.74, 6) is -0.387. The SMILES string of the molecule is COc1ccc(-c2ccc3c(=O)sc(C(=O)O)cc3n2)cc1. The number of benzene rings is 1. The van der Waals surface area contributed by atoms with E-state index in [4.69, 9.17) is 9.84 Å². The highest BCUT2D eigenvalue weighted by Gasteiger charge is 2.10. The van der Waals surface area contributed by atoms with Crippen LogP contribution in [0.4, 0.5) is 0 Å². The lowest BCUT2D eigenvalue weighted by Gasteiger charge is -2.05. The smallest absolute Gasteiger partial charge is 0.346 e. The van der Waals surface area contributed by atoms with E-state index in [-0.39, 0.29) is 9.62 Å². The minimum absolute atomic E-state index is 0.0168. The van der Waals surface area contributed by atoms with Gasteiger partial charge in [-0.05, 0) is 42.5 Å². The summed E-state index contributed by atoms with van der Waals surface area (Å²) in [6, 6.07) is 12.2. The van der Waals surface area contributed by atoms with E-state index in [1.54, 1.807) is 19.2 Å². The second-order valence-corrected chi connectivity index (χ2v) is 5.58. The first-order valence-corrected chi connectivity index (χ1v) is 7.23. The molecule has 0 aliphatic rings. The maximum Gasteiger partial charge on any atom is 0.346 e. The summed E-state index contributed by atoms with van der Waals surface area (Å²) < 4.78 is 4.81. The Bertz CT molecular complexity index is 916. The van der Waals surface area contributed by atoms with Gasteiger partial charge in [-0.25, -0.2) is 9.78 Å². The molecular formula is C16H11NO4S. The fourth-order valence-corrected chi connectivity index (χ4v) is 2.83. The van der Waals surface area contributed by atoms with Crippen molar-refractivity contribution in [1.82, 2.24) is 4.98 Å². The largest absolute Gasteiger partial charge is 0.497 e. The van der Waals surface area contributed by atoms with E-state index >= 15 is 0 Å². The van der Waals surface area contributed by atoms with Crippen molar-refractivity contribution < 1.29 is 14.6 Å². The number of pyridine rings is 1. The molecule has 0 saturated heterocycles. The molecule has 0 spiro atoms. The summed E-state index contributed by atoms with van der Waals surface area (Å²) in [6.45, 7) is 0. The standard InChI is InChI=1S/C16H11NO4S/c1-21-10-4-2-9(3-5-10)12-7-6-11-13(17-12)8-14(15(18)19)22-16(11)20/h2-8H,1H3,(H,18,19). The number of hydrogen-bond acceptors (Lipinski definition) is 5. The highest BCUT2D eigenvalue weighted by Crippen LogP contribution is 2.23. The van der Waals surface area contributed by atoms with Crippen molar-refractivity contribution in [3.05, 3.63) is 56.9 Å². The van der Waals surface area contributed by atoms with Gasteiger partial charge in [-0.1, -0.05) is 11.3 Å². The van der Waals surface area contributed by atoms with Crippen molar-refractivity contribution in [3.63, 3.8) is 0 Å². The first kappa shape index (κ1) is 14.2. The number of aromatic nitrogens is 1. The molecule has 6 heteroatoms. The summed E-state index contributed by atoms with van der Waals surface area (Å²) in [5, 5.41) is 9.47. The van der Waals surface area contributed by atoms with Gasteiger partial charge in [0.05, 0.1) is 23.7 Å². The minimum atomic E-state index is -1.12. The lowest BCUT2D eigenvalue weighted by molar-refractivity contribution is 0.0702. The van der Waals surface area contributed by atoms with Crippen molar-refractivity contribution in [1.29, 1.82) is 0 Å². The van der Waals surface area contributed by atoms with Crippen molar-refractivity contribution in [2.75, 3.05) is 7.11 Å². The van der Waals surface area contributed by atoms with E-state index in [9.17, 15) is 9.59 Å². The van der Waals surface area contributed by atoms with Gasteiger partial charge >= 0.3 is 5.97 Å². The van der Waals surface area contributed by atoms with Gasteiger partial charge in [0.2, 0.25) is 4.74 Å². The summed E-state index contributed by atoms with van der Waals surface area (Å²) in [4.78, 5) is 27.4. The first-order valence-electron chi connectivity index (χ1n) is 6.41. The van der Waals surface area contributed by atoms with Gasteiger partial charge in [0, 0.05) is 5.56 Å². The number of methoxy groups -OCH3 is 1. The van der Waals surface area contributed by atoms with Crippen molar-refractivity contribution in [2.24, 2.45) is 0 Å². The first-order chi connectivity index (χ1) is 10.6. The molecule has 110 valence electrons. The van der Waals surface area contributed by atoms with Crippen LogP contribution in [-0.4, -0.2) is 23.2 Å². The molecular weight excluding hydrogens is 302 g/mol. The Labute approximate surface area is 129 Å². The molecule has 2 aromatic heterocycles. The van der Waals surface area contributed by atoms with Crippen LogP contribution in [0.1, 0.15) is 9.67 Å². The van der Waals surface area contributed by atoms with Crippen LogP contribution in [0.15, 0.2) is 47.3 Å². The molecule has 1 aromatic carbocycles. The Morgan fingerprint density at radius 1 is 1.18 bits per heavy atom. The summed E-state index contributed by atoms with van der Waals surface area (Å²) in [6.07, 6.45) is 0. The van der Waals surface area contributed by atoms with Crippen molar-refractivity contribution in [2.45, 2.75) is 0 Å². The molecule has 0 bridgehead atoms. The number of hydrogen-bond donors (Lipinski definition) is 1. The molecule has 0 aliphatic carbocycles. The maximum atomic E-state index is 11.9. The van der Waals surface area contributed by atoms with Crippen LogP contribution >= 0.6 is 11.3 Å². The molecule has 0 unspecified atom stereocenters. The normalized spacial score (nSPS) is 10.6. The lowest BCUT2D eigenvalue weighted by Crippen LogP contribution is -2.03. The monoisotopic (exact) mass is 313 g/mol. The lowest BCUT2D eigenvalue weighted by atomic mass is 10.1. The Hall–Kier alpha value is -2.73. The van der Waals surface area contributed by atoms with Crippen LogP contribution in [0, 0.1) is 0 Å². The zero-order valence-corrected chi connectivity index (χ0v) is 12.4. The van der Waals surface area contributed by atoms with E-state index < -0.39 is 5.97 Å². The van der Waals surface area contributed by atoms with Gasteiger partial charge in [0.1, 0.15) is 10.6 Å². The predicted molar refractivity (Wildman–Crippen MR) is 84.8 cm³/mol. The van der Waals surface area contributed by atoms with E-state index in [1.165, 1.54) is 6.07 Å². The number of carboxylic acid groups (broad SMARTS) is 1. The molecule has 22 heavy (non-hydrogen) atoms. The topological polar surface area (TPSA) is 76.5 Å². The number of nitrogens with zero attached hydrogens (tertiary/aromatic N) is 1. The molecule has 0 amide bonds. The molecule has 0 atom stereocenters. The summed E-state index contributed by atoms with van der Waals surface area (Å²) >= 11 is 0.710. The molecule has 3 aromatic rings. The second kappa shape index (κ2) is 5.57. The quantitative estimate of drug-likeness (QED) is 0.804. The molecule has 0 fully saturated rings. The average Bonchev–Trinajstić information content (AvgIpc) is 2.54. The molecule has 0 saturated carbocycles. The number of ether oxygens (including phenoxy) is 1. The average molecular weight is 313 g/mol. The molecule has 1 N–H and O–H groups in total. The van der Waals surface area contributed by atoms with Crippen LogP contribution < -0.4 is 9.48 Å². The third-order valence-electron chi connectivity index (χ3n) is 3.21. The Kier molecular flexibility index (Phi) is 3.60. The maximum absolute atomic E-state index is 11.9. The number of rotatable bonds is 3. The number of carbonyl (C=O) groups is 1. The number of fused-ring (bicyclic) bond motifs is 1. The van der Waals surface area contributed by atoms with Gasteiger partial charge in [0.25, 0.3) is 0 Å². The van der Waals surface area contributed by atoms with Crippen LogP contribution in [0.5, 0.6) is 5.75 Å². The van der Waals surface area contributed by atoms with Crippen LogP contribution in [0.3, 0.4) is 0 Å². The fourth-order valence-electron chi connectivity index (χ4n) is 2.09. The van der Waals surface area contributed by atoms with E-state index in [1.807, 2.05) is 24.3 Å². The van der Waals surface area contributed by atoms with Crippen LogP contribution in [0.2, 0.25) is 0 Å². The predicted octanol–water partition coefficient (Wildman–Crippen LogP) is 3.03. The zero-order chi connectivity index (χ0) is 15.7. The zero-order valence-electron chi connectivity index (χ0n) is 11.6. The molecule has 2 heterocycles. The van der Waals surface area contributed by atoms with Crippen LogP contribution in [-0.2, 0) is 0 Å². The molecule has 0 aliphatic heterocycles. The summed E-state index contributed by atoms with van der Waals surface area (Å²) in [7, 11) is 1.59. The molecule has 3 rings (SSSR count). The number of carboxylic acids is 1. The van der Waals surface area contributed by atoms with Gasteiger partial charge in [-0.2, -0.15) is 0 Å². The third kappa shape index (κ3) is 2.56. The fraction of sp³-hybridized carbons (Fsp3) is 0.0625. The minimum Gasteiger partial charge on any atom is -0.497 e. The van der Waals surface area contributed by atoms with E-state index in [2.05, 4.69) is 4.98 Å².